The Morgan fingerprint density at radius 3 is 2.69 bits per heavy atom. The molecule has 0 aromatic heterocycles. The maximum absolute atomic E-state index is 11.6. The summed E-state index contributed by atoms with van der Waals surface area (Å²) in [6, 6.07) is 9.95. The zero-order valence-corrected chi connectivity index (χ0v) is 8.74. The van der Waals surface area contributed by atoms with Crippen molar-refractivity contribution < 1.29 is 4.21 Å². The van der Waals surface area contributed by atoms with Crippen LogP contribution in [0.15, 0.2) is 35.7 Å². The second-order valence-electron chi connectivity index (χ2n) is 2.77. The highest BCUT2D eigenvalue weighted by Gasteiger charge is 2.13. The molecule has 0 saturated carbocycles. The minimum absolute atomic E-state index is 0.783. The van der Waals surface area contributed by atoms with Crippen molar-refractivity contribution in [1.82, 2.24) is 0 Å². The fourth-order valence-corrected chi connectivity index (χ4v) is 3.87. The molecule has 0 aliphatic carbocycles. The first-order valence-electron chi connectivity index (χ1n) is 4.13. The van der Waals surface area contributed by atoms with Crippen LogP contribution in [-0.2, 0) is 10.8 Å². The number of benzene rings is 1. The minimum atomic E-state index is -0.789. The highest BCUT2D eigenvalue weighted by Crippen LogP contribution is 2.26. The van der Waals surface area contributed by atoms with Gasteiger partial charge in [-0.15, -0.1) is 11.8 Å². The van der Waals surface area contributed by atoms with Crippen LogP contribution in [0.1, 0.15) is 5.56 Å². The van der Waals surface area contributed by atoms with E-state index in [1.54, 1.807) is 11.8 Å². The van der Waals surface area contributed by atoms with E-state index in [9.17, 15) is 4.21 Å². The summed E-state index contributed by atoms with van der Waals surface area (Å²) in [5.74, 6) is 1.76. The molecule has 1 nitrogen and oxygen atoms in total. The maximum Gasteiger partial charge on any atom is 0.0549 e. The van der Waals surface area contributed by atoms with Gasteiger partial charge in [-0.25, -0.2) is 0 Å². The van der Waals surface area contributed by atoms with Crippen LogP contribution < -0.4 is 0 Å². The molecule has 0 amide bonds. The average Bonchev–Trinajstić information content (AvgIpc) is 2.20. The topological polar surface area (TPSA) is 17.1 Å². The lowest BCUT2D eigenvalue weighted by atomic mass is 10.2. The van der Waals surface area contributed by atoms with Gasteiger partial charge in [-0.1, -0.05) is 30.3 Å². The lowest BCUT2D eigenvalue weighted by molar-refractivity contribution is 0.690. The summed E-state index contributed by atoms with van der Waals surface area (Å²) in [6.45, 7) is 0. The molecule has 2 rings (SSSR count). The SMILES string of the molecule is O=S1CCSC=C1c1ccccc1. The van der Waals surface area contributed by atoms with E-state index in [1.165, 1.54) is 0 Å². The highest BCUT2D eigenvalue weighted by atomic mass is 32.2. The van der Waals surface area contributed by atoms with Gasteiger partial charge >= 0.3 is 0 Å². The number of hydrogen-bond donors (Lipinski definition) is 0. The van der Waals surface area contributed by atoms with Gasteiger partial charge in [0.05, 0.1) is 15.7 Å². The van der Waals surface area contributed by atoms with Gasteiger partial charge in [0.1, 0.15) is 0 Å². The van der Waals surface area contributed by atoms with Gasteiger partial charge in [-0.2, -0.15) is 0 Å². The van der Waals surface area contributed by atoms with Gasteiger partial charge < -0.3 is 0 Å². The van der Waals surface area contributed by atoms with E-state index in [0.717, 1.165) is 22.0 Å². The molecule has 0 spiro atoms. The molecule has 1 aliphatic rings. The molecular formula is C10H10OS2. The molecule has 1 unspecified atom stereocenters. The normalized spacial score (nSPS) is 22.5. The van der Waals surface area contributed by atoms with Crippen LogP contribution in [-0.4, -0.2) is 15.7 Å². The summed E-state index contributed by atoms with van der Waals surface area (Å²) in [4.78, 5) is 0.983. The van der Waals surface area contributed by atoms with Crippen LogP contribution in [0.2, 0.25) is 0 Å². The summed E-state index contributed by atoms with van der Waals surface area (Å²) >= 11 is 1.75. The first kappa shape index (κ1) is 9.03. The van der Waals surface area contributed by atoms with Gasteiger partial charge in [0.15, 0.2) is 0 Å². The maximum atomic E-state index is 11.6. The molecule has 0 N–H and O–H groups in total. The summed E-state index contributed by atoms with van der Waals surface area (Å²) < 4.78 is 11.6. The predicted molar refractivity (Wildman–Crippen MR) is 59.9 cm³/mol. The number of hydrogen-bond acceptors (Lipinski definition) is 2. The molecule has 1 aromatic carbocycles. The summed E-state index contributed by atoms with van der Waals surface area (Å²) in [6.07, 6.45) is 0. The monoisotopic (exact) mass is 210 g/mol. The van der Waals surface area contributed by atoms with E-state index >= 15 is 0 Å². The van der Waals surface area contributed by atoms with Gasteiger partial charge in [-0.3, -0.25) is 4.21 Å². The van der Waals surface area contributed by atoms with Gasteiger partial charge in [0.2, 0.25) is 0 Å². The van der Waals surface area contributed by atoms with Crippen molar-refractivity contribution in [2.75, 3.05) is 11.5 Å². The number of rotatable bonds is 1. The molecule has 68 valence electrons. The van der Waals surface area contributed by atoms with Gasteiger partial charge in [0.25, 0.3) is 0 Å². The fourth-order valence-electron chi connectivity index (χ4n) is 1.22. The Morgan fingerprint density at radius 2 is 2.00 bits per heavy atom. The first-order chi connectivity index (χ1) is 6.38. The lowest BCUT2D eigenvalue weighted by Crippen LogP contribution is -2.05. The van der Waals surface area contributed by atoms with Crippen LogP contribution >= 0.6 is 11.8 Å². The molecule has 0 radical (unpaired) electrons. The summed E-state index contributed by atoms with van der Waals surface area (Å²) in [5.41, 5.74) is 1.09. The Kier molecular flexibility index (Phi) is 2.86. The molecule has 3 heteroatoms. The van der Waals surface area contributed by atoms with Crippen molar-refractivity contribution in [1.29, 1.82) is 0 Å². The van der Waals surface area contributed by atoms with E-state index in [0.29, 0.717) is 0 Å². The minimum Gasteiger partial charge on any atom is -0.254 e. The molecule has 1 heterocycles. The van der Waals surface area contributed by atoms with Crippen LogP contribution in [0.25, 0.3) is 4.91 Å². The smallest absolute Gasteiger partial charge is 0.0549 e. The molecular weight excluding hydrogens is 200 g/mol. The molecule has 13 heavy (non-hydrogen) atoms. The van der Waals surface area contributed by atoms with Crippen LogP contribution in [0.3, 0.4) is 0 Å². The van der Waals surface area contributed by atoms with Crippen LogP contribution in [0.5, 0.6) is 0 Å². The second-order valence-corrected chi connectivity index (χ2v) is 5.28. The van der Waals surface area contributed by atoms with Crippen molar-refractivity contribution in [2.45, 2.75) is 0 Å². The van der Waals surface area contributed by atoms with E-state index in [1.807, 2.05) is 35.7 Å². The van der Waals surface area contributed by atoms with Crippen LogP contribution in [0, 0.1) is 0 Å². The predicted octanol–water partition coefficient (Wildman–Crippen LogP) is 2.48. The molecule has 0 bridgehead atoms. The third-order valence-corrected chi connectivity index (χ3v) is 4.55. The van der Waals surface area contributed by atoms with Crippen molar-refractivity contribution in [3.05, 3.63) is 41.3 Å². The third-order valence-electron chi connectivity index (χ3n) is 1.88. The average molecular weight is 210 g/mol. The third kappa shape index (κ3) is 2.03. The largest absolute Gasteiger partial charge is 0.254 e. The summed E-state index contributed by atoms with van der Waals surface area (Å²) in [7, 11) is -0.789. The van der Waals surface area contributed by atoms with Crippen molar-refractivity contribution >= 4 is 27.5 Å². The molecule has 1 atom stereocenters. The van der Waals surface area contributed by atoms with Gasteiger partial charge in [0, 0.05) is 11.5 Å². The van der Waals surface area contributed by atoms with Gasteiger partial charge in [-0.05, 0) is 11.0 Å². The van der Waals surface area contributed by atoms with Crippen LogP contribution in [0.4, 0.5) is 0 Å². The lowest BCUT2D eigenvalue weighted by Gasteiger charge is -2.11. The van der Waals surface area contributed by atoms with E-state index in [-0.39, 0.29) is 0 Å². The Balaban J connectivity index is 2.35. The Labute approximate surface area is 84.7 Å². The Bertz CT molecular complexity index is 343. The number of thioether (sulfide) groups is 1. The van der Waals surface area contributed by atoms with Crippen molar-refractivity contribution in [2.24, 2.45) is 0 Å². The van der Waals surface area contributed by atoms with Crippen molar-refractivity contribution in [3.63, 3.8) is 0 Å². The second kappa shape index (κ2) is 4.11. The molecule has 1 aliphatic heterocycles. The fraction of sp³-hybridized carbons (Fsp3) is 0.200. The molecule has 1 aromatic rings. The van der Waals surface area contributed by atoms with E-state index in [2.05, 4.69) is 0 Å². The molecule has 0 saturated heterocycles. The van der Waals surface area contributed by atoms with Crippen molar-refractivity contribution in [3.8, 4) is 0 Å². The standard InChI is InChI=1S/C10H10OS2/c11-13-7-6-12-8-10(13)9-4-2-1-3-5-9/h1-5,8H,6-7H2. The summed E-state index contributed by atoms with van der Waals surface area (Å²) in [5, 5.41) is 2.02. The van der Waals surface area contributed by atoms with E-state index < -0.39 is 10.8 Å². The highest BCUT2D eigenvalue weighted by molar-refractivity contribution is 8.06. The quantitative estimate of drug-likeness (QED) is 0.708. The Morgan fingerprint density at radius 1 is 1.23 bits per heavy atom. The Hall–Kier alpha value is -0.540. The van der Waals surface area contributed by atoms with E-state index in [4.69, 9.17) is 0 Å². The molecule has 0 fully saturated rings. The zero-order valence-electron chi connectivity index (χ0n) is 7.10. The first-order valence-corrected chi connectivity index (χ1v) is 6.50. The zero-order chi connectivity index (χ0) is 9.10.